The normalized spacial score (nSPS) is 17.8. The molecule has 0 saturated carbocycles. The molecule has 0 radical (unpaired) electrons. The number of rotatable bonds is 2. The lowest BCUT2D eigenvalue weighted by atomic mass is 10.0. The first-order valence-corrected chi connectivity index (χ1v) is 7.12. The molecule has 1 aliphatic rings. The largest absolute Gasteiger partial charge is 0.322 e. The van der Waals surface area contributed by atoms with Crippen molar-refractivity contribution in [2.24, 2.45) is 0 Å². The molecule has 2 amide bonds. The van der Waals surface area contributed by atoms with E-state index in [9.17, 15) is 9.18 Å². The minimum atomic E-state index is -0.261. The van der Waals surface area contributed by atoms with Gasteiger partial charge in [0.15, 0.2) is 0 Å². The summed E-state index contributed by atoms with van der Waals surface area (Å²) in [6, 6.07) is 15.7. The summed E-state index contributed by atoms with van der Waals surface area (Å²) in [4.78, 5) is 14.2. The summed E-state index contributed by atoms with van der Waals surface area (Å²) in [7, 11) is 0. The molecule has 4 heteroatoms. The Morgan fingerprint density at radius 2 is 1.95 bits per heavy atom. The van der Waals surface area contributed by atoms with Crippen LogP contribution in [0.4, 0.5) is 14.9 Å². The molecular formula is C17H17FN2O. The van der Waals surface area contributed by atoms with Crippen LogP contribution in [0.25, 0.3) is 0 Å². The number of nitrogens with zero attached hydrogens (tertiary/aromatic N) is 1. The van der Waals surface area contributed by atoms with Gasteiger partial charge in [0.1, 0.15) is 5.82 Å². The highest BCUT2D eigenvalue weighted by Crippen LogP contribution is 2.32. The quantitative estimate of drug-likeness (QED) is 0.881. The number of carbonyl (C=O) groups excluding carboxylic acids is 1. The Bertz CT molecular complexity index is 630. The molecule has 0 bridgehead atoms. The molecule has 1 fully saturated rings. The molecule has 108 valence electrons. The van der Waals surface area contributed by atoms with Gasteiger partial charge in [0.05, 0.1) is 6.04 Å². The molecule has 0 aromatic heterocycles. The van der Waals surface area contributed by atoms with Crippen LogP contribution in [0.3, 0.4) is 0 Å². The Hall–Kier alpha value is -2.36. The topological polar surface area (TPSA) is 32.3 Å². The third-order valence-electron chi connectivity index (χ3n) is 3.77. The summed E-state index contributed by atoms with van der Waals surface area (Å²) >= 11 is 0. The van der Waals surface area contributed by atoms with E-state index in [0.717, 1.165) is 24.1 Å². The highest BCUT2D eigenvalue weighted by Gasteiger charge is 2.30. The van der Waals surface area contributed by atoms with Gasteiger partial charge in [-0.05, 0) is 42.7 Å². The van der Waals surface area contributed by atoms with Gasteiger partial charge in [-0.3, -0.25) is 0 Å². The first kappa shape index (κ1) is 13.6. The van der Waals surface area contributed by atoms with Crippen LogP contribution in [0.1, 0.15) is 24.4 Å². The average molecular weight is 284 g/mol. The first-order valence-electron chi connectivity index (χ1n) is 7.12. The maximum atomic E-state index is 13.4. The van der Waals surface area contributed by atoms with Gasteiger partial charge >= 0.3 is 6.03 Å². The summed E-state index contributed by atoms with van der Waals surface area (Å²) in [6.45, 7) is 0.694. The Morgan fingerprint density at radius 1 is 1.14 bits per heavy atom. The number of halogens is 1. The van der Waals surface area contributed by atoms with Gasteiger partial charge < -0.3 is 10.2 Å². The van der Waals surface area contributed by atoms with Gasteiger partial charge in [0.2, 0.25) is 0 Å². The Morgan fingerprint density at radius 3 is 2.71 bits per heavy atom. The highest BCUT2D eigenvalue weighted by molar-refractivity contribution is 5.89. The molecule has 0 aliphatic carbocycles. The number of para-hydroxylation sites is 1. The van der Waals surface area contributed by atoms with Crippen LogP contribution in [-0.4, -0.2) is 17.5 Å². The number of hydrogen-bond donors (Lipinski definition) is 1. The fraction of sp³-hybridized carbons (Fsp3) is 0.235. The molecule has 1 atom stereocenters. The number of carbonyl (C=O) groups is 1. The van der Waals surface area contributed by atoms with Gasteiger partial charge in [-0.15, -0.1) is 0 Å². The van der Waals surface area contributed by atoms with Crippen LogP contribution >= 0.6 is 0 Å². The van der Waals surface area contributed by atoms with Crippen molar-refractivity contribution in [1.82, 2.24) is 4.90 Å². The molecule has 1 unspecified atom stereocenters. The zero-order valence-corrected chi connectivity index (χ0v) is 11.6. The molecule has 3 rings (SSSR count). The zero-order chi connectivity index (χ0) is 14.7. The third kappa shape index (κ3) is 3.05. The molecule has 1 aliphatic heterocycles. The van der Waals surface area contributed by atoms with E-state index in [-0.39, 0.29) is 17.9 Å². The predicted molar refractivity (Wildman–Crippen MR) is 80.5 cm³/mol. The SMILES string of the molecule is O=C(Nc1ccccc1)N1CCCC1c1cccc(F)c1. The number of nitrogens with one attached hydrogen (secondary N) is 1. The average Bonchev–Trinajstić information content (AvgIpc) is 2.98. The van der Waals surface area contributed by atoms with Crippen molar-refractivity contribution in [3.63, 3.8) is 0 Å². The number of hydrogen-bond acceptors (Lipinski definition) is 1. The second-order valence-electron chi connectivity index (χ2n) is 5.20. The molecule has 2 aromatic carbocycles. The fourth-order valence-electron chi connectivity index (χ4n) is 2.79. The molecule has 1 heterocycles. The standard InChI is InChI=1S/C17H17FN2O/c18-14-7-4-6-13(12-14)16-10-5-11-20(16)17(21)19-15-8-2-1-3-9-15/h1-4,6-9,12,16H,5,10-11H2,(H,19,21). The Kier molecular flexibility index (Phi) is 3.86. The summed E-state index contributed by atoms with van der Waals surface area (Å²) < 4.78 is 13.4. The summed E-state index contributed by atoms with van der Waals surface area (Å²) in [6.07, 6.45) is 1.80. The van der Waals surface area contributed by atoms with Gasteiger partial charge in [0, 0.05) is 12.2 Å². The second-order valence-corrected chi connectivity index (χ2v) is 5.20. The highest BCUT2D eigenvalue weighted by atomic mass is 19.1. The molecule has 21 heavy (non-hydrogen) atoms. The number of anilines is 1. The zero-order valence-electron chi connectivity index (χ0n) is 11.6. The summed E-state index contributed by atoms with van der Waals surface area (Å²) in [5.41, 5.74) is 1.63. The molecular weight excluding hydrogens is 267 g/mol. The van der Waals surface area contributed by atoms with Crippen LogP contribution in [-0.2, 0) is 0 Å². The van der Waals surface area contributed by atoms with Crippen molar-refractivity contribution in [3.8, 4) is 0 Å². The van der Waals surface area contributed by atoms with Crippen molar-refractivity contribution in [3.05, 3.63) is 66.0 Å². The van der Waals surface area contributed by atoms with Gasteiger partial charge in [-0.1, -0.05) is 30.3 Å². The van der Waals surface area contributed by atoms with Crippen molar-refractivity contribution in [1.29, 1.82) is 0 Å². The van der Waals surface area contributed by atoms with Crippen LogP contribution in [0, 0.1) is 5.82 Å². The van der Waals surface area contributed by atoms with Gasteiger partial charge in [-0.25, -0.2) is 9.18 Å². The van der Waals surface area contributed by atoms with E-state index in [2.05, 4.69) is 5.32 Å². The number of likely N-dealkylation sites (tertiary alicyclic amines) is 1. The minimum absolute atomic E-state index is 0.0515. The van der Waals surface area contributed by atoms with Crippen LogP contribution < -0.4 is 5.32 Å². The van der Waals surface area contributed by atoms with Crippen LogP contribution in [0.15, 0.2) is 54.6 Å². The van der Waals surface area contributed by atoms with Crippen molar-refractivity contribution >= 4 is 11.7 Å². The maximum Gasteiger partial charge on any atom is 0.322 e. The van der Waals surface area contributed by atoms with Crippen molar-refractivity contribution in [2.75, 3.05) is 11.9 Å². The molecule has 2 aromatic rings. The molecule has 1 N–H and O–H groups in total. The minimum Gasteiger partial charge on any atom is -0.317 e. The third-order valence-corrected chi connectivity index (χ3v) is 3.77. The van der Waals surface area contributed by atoms with Gasteiger partial charge in [0.25, 0.3) is 0 Å². The first-order chi connectivity index (χ1) is 10.2. The van der Waals surface area contributed by atoms with E-state index in [1.807, 2.05) is 36.4 Å². The second kappa shape index (κ2) is 5.95. The van der Waals surface area contributed by atoms with E-state index in [0.29, 0.717) is 6.54 Å². The monoisotopic (exact) mass is 284 g/mol. The van der Waals surface area contributed by atoms with E-state index in [1.165, 1.54) is 12.1 Å². The summed E-state index contributed by atoms with van der Waals surface area (Å²) in [5.74, 6) is -0.261. The van der Waals surface area contributed by atoms with Crippen molar-refractivity contribution < 1.29 is 9.18 Å². The lowest BCUT2D eigenvalue weighted by molar-refractivity contribution is 0.207. The number of benzene rings is 2. The van der Waals surface area contributed by atoms with Crippen molar-refractivity contribution in [2.45, 2.75) is 18.9 Å². The summed E-state index contributed by atoms with van der Waals surface area (Å²) in [5, 5.41) is 2.89. The lowest BCUT2D eigenvalue weighted by Gasteiger charge is -2.25. The Balaban J connectivity index is 1.76. The molecule has 1 saturated heterocycles. The predicted octanol–water partition coefficient (Wildman–Crippen LogP) is 4.19. The van der Waals surface area contributed by atoms with Crippen LogP contribution in [0.5, 0.6) is 0 Å². The number of urea groups is 1. The maximum absolute atomic E-state index is 13.4. The van der Waals surface area contributed by atoms with Gasteiger partial charge in [-0.2, -0.15) is 0 Å². The van der Waals surface area contributed by atoms with Crippen LogP contribution in [0.2, 0.25) is 0 Å². The number of amides is 2. The van der Waals surface area contributed by atoms with E-state index in [4.69, 9.17) is 0 Å². The Labute approximate surface area is 123 Å². The van der Waals surface area contributed by atoms with E-state index >= 15 is 0 Å². The fourth-order valence-corrected chi connectivity index (χ4v) is 2.79. The van der Waals surface area contributed by atoms with E-state index in [1.54, 1.807) is 11.0 Å². The molecule has 0 spiro atoms. The molecule has 3 nitrogen and oxygen atoms in total. The smallest absolute Gasteiger partial charge is 0.317 e. The lowest BCUT2D eigenvalue weighted by Crippen LogP contribution is -2.34. The van der Waals surface area contributed by atoms with E-state index < -0.39 is 0 Å².